The molecule has 0 aliphatic heterocycles. The molecule has 0 saturated heterocycles. The van der Waals surface area contributed by atoms with Crippen LogP contribution < -0.4 is 4.90 Å². The molecule has 2 aromatic carbocycles. The molecule has 0 atom stereocenters. The number of hydrogen-bond donors (Lipinski definition) is 0. The van der Waals surface area contributed by atoms with Crippen molar-refractivity contribution in [1.29, 1.82) is 5.26 Å². The number of halogens is 1. The van der Waals surface area contributed by atoms with Gasteiger partial charge in [-0.1, -0.05) is 0 Å². The van der Waals surface area contributed by atoms with E-state index in [2.05, 4.69) is 22.0 Å². The summed E-state index contributed by atoms with van der Waals surface area (Å²) in [5.74, 6) is 0. The lowest BCUT2D eigenvalue weighted by molar-refractivity contribution is -0.384. The third kappa shape index (κ3) is 2.78. The van der Waals surface area contributed by atoms with Gasteiger partial charge in [0.15, 0.2) is 0 Å². The van der Waals surface area contributed by atoms with Crippen LogP contribution in [0.2, 0.25) is 0 Å². The van der Waals surface area contributed by atoms with Gasteiger partial charge in [-0.15, -0.1) is 0 Å². The first kappa shape index (κ1) is 14.0. The zero-order chi connectivity index (χ0) is 14.7. The number of nitrogens with zero attached hydrogens (tertiary/aromatic N) is 3. The molecular formula is C14H10BrN3O2. The fourth-order valence-electron chi connectivity index (χ4n) is 1.78. The summed E-state index contributed by atoms with van der Waals surface area (Å²) in [6.45, 7) is 0. The van der Waals surface area contributed by atoms with Gasteiger partial charge in [0.2, 0.25) is 0 Å². The quantitative estimate of drug-likeness (QED) is 0.629. The van der Waals surface area contributed by atoms with Crippen molar-refractivity contribution in [2.45, 2.75) is 0 Å². The van der Waals surface area contributed by atoms with Crippen LogP contribution in [-0.2, 0) is 0 Å². The van der Waals surface area contributed by atoms with Gasteiger partial charge in [-0.2, -0.15) is 5.26 Å². The summed E-state index contributed by atoms with van der Waals surface area (Å²) >= 11 is 3.34. The maximum absolute atomic E-state index is 10.7. The second-order valence-corrected chi connectivity index (χ2v) is 4.96. The number of benzene rings is 2. The van der Waals surface area contributed by atoms with E-state index in [0.29, 0.717) is 10.0 Å². The second-order valence-electron chi connectivity index (χ2n) is 4.11. The van der Waals surface area contributed by atoms with Gasteiger partial charge in [0.05, 0.1) is 22.2 Å². The van der Waals surface area contributed by atoms with Crippen molar-refractivity contribution in [3.63, 3.8) is 0 Å². The molecule has 0 saturated carbocycles. The molecule has 0 bridgehead atoms. The van der Waals surface area contributed by atoms with Gasteiger partial charge in [0.25, 0.3) is 5.69 Å². The molecule has 0 amide bonds. The summed E-state index contributed by atoms with van der Waals surface area (Å²) in [4.78, 5) is 12.2. The fourth-order valence-corrected chi connectivity index (χ4v) is 2.41. The molecule has 0 aromatic heterocycles. The van der Waals surface area contributed by atoms with Gasteiger partial charge in [-0.3, -0.25) is 10.1 Å². The van der Waals surface area contributed by atoms with Gasteiger partial charge in [-0.25, -0.2) is 0 Å². The minimum atomic E-state index is -0.434. The van der Waals surface area contributed by atoms with Gasteiger partial charge in [0.1, 0.15) is 0 Å². The number of rotatable bonds is 3. The van der Waals surface area contributed by atoms with Gasteiger partial charge in [0, 0.05) is 29.3 Å². The molecule has 0 spiro atoms. The second kappa shape index (κ2) is 5.72. The number of hydrogen-bond acceptors (Lipinski definition) is 4. The molecule has 0 aliphatic carbocycles. The minimum Gasteiger partial charge on any atom is -0.344 e. The highest BCUT2D eigenvalue weighted by atomic mass is 79.9. The largest absolute Gasteiger partial charge is 0.344 e. The van der Waals surface area contributed by atoms with Crippen molar-refractivity contribution in [2.75, 3.05) is 11.9 Å². The SMILES string of the molecule is CN(c1ccc(C#N)cc1)c1ccc([N+](=O)[O-])cc1Br. The summed E-state index contributed by atoms with van der Waals surface area (Å²) in [6.07, 6.45) is 0. The van der Waals surface area contributed by atoms with Crippen LogP contribution in [0.4, 0.5) is 17.1 Å². The van der Waals surface area contributed by atoms with Crippen LogP contribution >= 0.6 is 15.9 Å². The predicted molar refractivity (Wildman–Crippen MR) is 80.0 cm³/mol. The van der Waals surface area contributed by atoms with Crippen molar-refractivity contribution in [3.8, 4) is 6.07 Å². The predicted octanol–water partition coefficient (Wildman–Crippen LogP) is 4.00. The Morgan fingerprint density at radius 2 is 1.90 bits per heavy atom. The molecule has 0 heterocycles. The molecule has 0 unspecified atom stereocenters. The van der Waals surface area contributed by atoms with Crippen LogP contribution in [0.1, 0.15) is 5.56 Å². The van der Waals surface area contributed by atoms with E-state index in [1.165, 1.54) is 12.1 Å². The number of nitro benzene ring substituents is 1. The Balaban J connectivity index is 2.35. The molecule has 0 fully saturated rings. The van der Waals surface area contributed by atoms with E-state index in [1.54, 1.807) is 18.2 Å². The Morgan fingerprint density at radius 3 is 2.40 bits per heavy atom. The van der Waals surface area contributed by atoms with Crippen LogP contribution in [0.15, 0.2) is 46.9 Å². The monoisotopic (exact) mass is 331 g/mol. The van der Waals surface area contributed by atoms with E-state index in [4.69, 9.17) is 5.26 Å². The molecular weight excluding hydrogens is 322 g/mol. The number of anilines is 2. The van der Waals surface area contributed by atoms with E-state index in [1.807, 2.05) is 24.1 Å². The summed E-state index contributed by atoms with van der Waals surface area (Å²) in [5, 5.41) is 19.5. The maximum Gasteiger partial charge on any atom is 0.270 e. The summed E-state index contributed by atoms with van der Waals surface area (Å²) in [7, 11) is 1.85. The Bertz CT molecular complexity index is 693. The minimum absolute atomic E-state index is 0.0360. The molecule has 20 heavy (non-hydrogen) atoms. The number of nitriles is 1. The highest BCUT2D eigenvalue weighted by Gasteiger charge is 2.13. The van der Waals surface area contributed by atoms with Crippen LogP contribution in [0.3, 0.4) is 0 Å². The summed E-state index contributed by atoms with van der Waals surface area (Å²) in [6, 6.07) is 13.8. The van der Waals surface area contributed by atoms with E-state index in [0.717, 1.165) is 11.4 Å². The van der Waals surface area contributed by atoms with Crippen LogP contribution in [0.5, 0.6) is 0 Å². The van der Waals surface area contributed by atoms with Crippen LogP contribution in [-0.4, -0.2) is 12.0 Å². The van der Waals surface area contributed by atoms with Crippen molar-refractivity contribution >= 4 is 33.0 Å². The first-order valence-electron chi connectivity index (χ1n) is 5.71. The van der Waals surface area contributed by atoms with Crippen molar-refractivity contribution in [1.82, 2.24) is 0 Å². The molecule has 6 heteroatoms. The van der Waals surface area contributed by atoms with E-state index < -0.39 is 4.92 Å². The third-order valence-electron chi connectivity index (χ3n) is 2.89. The highest BCUT2D eigenvalue weighted by Crippen LogP contribution is 2.33. The van der Waals surface area contributed by atoms with Crippen molar-refractivity contribution < 1.29 is 4.92 Å². The Labute approximate surface area is 124 Å². The Morgan fingerprint density at radius 1 is 1.25 bits per heavy atom. The van der Waals surface area contributed by atoms with Gasteiger partial charge in [-0.05, 0) is 46.3 Å². The normalized spacial score (nSPS) is 9.85. The first-order chi connectivity index (χ1) is 9.52. The lowest BCUT2D eigenvalue weighted by Gasteiger charge is -2.20. The molecule has 0 aliphatic rings. The van der Waals surface area contributed by atoms with Crippen LogP contribution in [0.25, 0.3) is 0 Å². The number of nitro groups is 1. The molecule has 100 valence electrons. The molecule has 0 radical (unpaired) electrons. The Hall–Kier alpha value is -2.39. The zero-order valence-corrected chi connectivity index (χ0v) is 12.2. The highest BCUT2D eigenvalue weighted by molar-refractivity contribution is 9.10. The van der Waals surface area contributed by atoms with Crippen molar-refractivity contribution in [2.24, 2.45) is 0 Å². The van der Waals surface area contributed by atoms with Gasteiger partial charge < -0.3 is 4.90 Å². The lowest BCUT2D eigenvalue weighted by Crippen LogP contribution is -2.10. The summed E-state index contributed by atoms with van der Waals surface area (Å²) in [5.41, 5.74) is 2.32. The smallest absolute Gasteiger partial charge is 0.270 e. The molecule has 2 aromatic rings. The standard InChI is InChI=1S/C14H10BrN3O2/c1-17(11-4-2-10(9-16)3-5-11)14-7-6-12(18(19)20)8-13(14)15/h2-8H,1H3. The maximum atomic E-state index is 10.7. The van der Waals surface area contributed by atoms with E-state index in [9.17, 15) is 10.1 Å². The Kier molecular flexibility index (Phi) is 4.01. The molecule has 5 nitrogen and oxygen atoms in total. The lowest BCUT2D eigenvalue weighted by atomic mass is 10.2. The van der Waals surface area contributed by atoms with Crippen molar-refractivity contribution in [3.05, 3.63) is 62.6 Å². The molecule has 2 rings (SSSR count). The average molecular weight is 332 g/mol. The fraction of sp³-hybridized carbons (Fsp3) is 0.0714. The molecule has 0 N–H and O–H groups in total. The van der Waals surface area contributed by atoms with Gasteiger partial charge >= 0.3 is 0 Å². The topological polar surface area (TPSA) is 70.2 Å². The zero-order valence-electron chi connectivity index (χ0n) is 10.6. The number of non-ortho nitro benzene ring substituents is 1. The average Bonchev–Trinajstić information content (AvgIpc) is 2.46. The van der Waals surface area contributed by atoms with E-state index in [-0.39, 0.29) is 5.69 Å². The van der Waals surface area contributed by atoms with Crippen LogP contribution in [0, 0.1) is 21.4 Å². The third-order valence-corrected chi connectivity index (χ3v) is 3.52. The first-order valence-corrected chi connectivity index (χ1v) is 6.50. The van der Waals surface area contributed by atoms with E-state index >= 15 is 0 Å². The summed E-state index contributed by atoms with van der Waals surface area (Å²) < 4.78 is 0.638.